The Kier molecular flexibility index (Phi) is 6.55. The molecule has 0 unspecified atom stereocenters. The number of aryl methyl sites for hydroxylation is 2. The summed E-state index contributed by atoms with van der Waals surface area (Å²) in [6, 6.07) is 8.98. The van der Waals surface area contributed by atoms with E-state index in [4.69, 9.17) is 9.15 Å². The predicted octanol–water partition coefficient (Wildman–Crippen LogP) is 4.91. The van der Waals surface area contributed by atoms with E-state index in [2.05, 4.69) is 10.2 Å². The minimum atomic E-state index is -4.36. The normalized spacial score (nSPS) is 11.7. The molecule has 3 aromatic rings. The molecule has 0 spiro atoms. The van der Waals surface area contributed by atoms with Crippen LogP contribution in [0.3, 0.4) is 0 Å². The maximum Gasteiger partial charge on any atom is 0.406 e. The van der Waals surface area contributed by atoms with Gasteiger partial charge in [-0.25, -0.2) is 0 Å². The highest BCUT2D eigenvalue weighted by Gasteiger charge is 2.30. The summed E-state index contributed by atoms with van der Waals surface area (Å²) >= 11 is 1.03. The standard InChI is InChI=1S/C20H20F3N3O3S/c1-12-5-4-6-15(7-12)28-9-18-24-25-19(29-18)30-10-17(27)16-8-13(2)26(14(16)3)11-20(21,22)23/h4-8H,9-11H2,1-3H3. The second kappa shape index (κ2) is 8.95. The zero-order valence-corrected chi connectivity index (χ0v) is 17.4. The second-order valence-corrected chi connectivity index (χ2v) is 7.69. The van der Waals surface area contributed by atoms with Gasteiger partial charge >= 0.3 is 6.18 Å². The number of ether oxygens (including phenoxy) is 1. The van der Waals surface area contributed by atoms with Crippen LogP contribution in [0.25, 0.3) is 0 Å². The first-order chi connectivity index (χ1) is 14.1. The summed E-state index contributed by atoms with van der Waals surface area (Å²) in [7, 11) is 0. The highest BCUT2D eigenvalue weighted by molar-refractivity contribution is 7.99. The smallest absolute Gasteiger partial charge is 0.406 e. The third kappa shape index (κ3) is 5.65. The minimum Gasteiger partial charge on any atom is -0.484 e. The lowest BCUT2D eigenvalue weighted by atomic mass is 10.2. The Morgan fingerprint density at radius 2 is 1.97 bits per heavy atom. The van der Waals surface area contributed by atoms with Crippen molar-refractivity contribution < 1.29 is 27.1 Å². The summed E-state index contributed by atoms with van der Waals surface area (Å²) in [4.78, 5) is 12.5. The zero-order valence-electron chi connectivity index (χ0n) is 16.6. The van der Waals surface area contributed by atoms with Crippen molar-refractivity contribution in [1.29, 1.82) is 0 Å². The van der Waals surface area contributed by atoms with Crippen LogP contribution in [0.15, 0.2) is 40.0 Å². The van der Waals surface area contributed by atoms with Gasteiger partial charge in [-0.3, -0.25) is 4.79 Å². The number of thioether (sulfide) groups is 1. The quantitative estimate of drug-likeness (QED) is 0.367. The number of alkyl halides is 3. The molecule has 1 aromatic carbocycles. The molecule has 2 heterocycles. The molecular weight excluding hydrogens is 419 g/mol. The van der Waals surface area contributed by atoms with Gasteiger partial charge in [0.2, 0.25) is 0 Å². The Hall–Kier alpha value is -2.75. The van der Waals surface area contributed by atoms with Crippen LogP contribution >= 0.6 is 11.8 Å². The Labute approximate surface area is 175 Å². The van der Waals surface area contributed by atoms with E-state index in [1.165, 1.54) is 13.0 Å². The van der Waals surface area contributed by atoms with E-state index in [1.54, 1.807) is 6.92 Å². The molecule has 6 nitrogen and oxygen atoms in total. The van der Waals surface area contributed by atoms with Crippen molar-refractivity contribution >= 4 is 17.5 Å². The molecule has 2 aromatic heterocycles. The first-order valence-corrected chi connectivity index (χ1v) is 10.0. The summed E-state index contributed by atoms with van der Waals surface area (Å²) in [5.74, 6) is 0.593. The highest BCUT2D eigenvalue weighted by Crippen LogP contribution is 2.25. The molecule has 30 heavy (non-hydrogen) atoms. The molecule has 0 aliphatic heterocycles. The van der Waals surface area contributed by atoms with Crippen LogP contribution in [0.5, 0.6) is 5.75 Å². The molecule has 0 N–H and O–H groups in total. The van der Waals surface area contributed by atoms with Gasteiger partial charge in [-0.1, -0.05) is 23.9 Å². The average molecular weight is 439 g/mol. The fraction of sp³-hybridized carbons (Fsp3) is 0.350. The van der Waals surface area contributed by atoms with Crippen molar-refractivity contribution in [1.82, 2.24) is 14.8 Å². The van der Waals surface area contributed by atoms with E-state index in [0.29, 0.717) is 11.4 Å². The van der Waals surface area contributed by atoms with E-state index in [0.717, 1.165) is 21.9 Å². The first-order valence-electron chi connectivity index (χ1n) is 9.03. The topological polar surface area (TPSA) is 70.2 Å². The maximum absolute atomic E-state index is 12.7. The first kappa shape index (κ1) is 21.9. The monoisotopic (exact) mass is 439 g/mol. The number of hydrogen-bond donors (Lipinski definition) is 0. The lowest BCUT2D eigenvalue weighted by molar-refractivity contribution is -0.141. The third-order valence-electron chi connectivity index (χ3n) is 4.34. The Morgan fingerprint density at radius 1 is 1.20 bits per heavy atom. The number of aromatic nitrogens is 3. The number of carbonyl (C=O) groups excluding carboxylic acids is 1. The van der Waals surface area contributed by atoms with E-state index in [1.807, 2.05) is 31.2 Å². The number of rotatable bonds is 8. The second-order valence-electron chi connectivity index (χ2n) is 6.76. The van der Waals surface area contributed by atoms with E-state index in [9.17, 15) is 18.0 Å². The van der Waals surface area contributed by atoms with Crippen LogP contribution in [-0.2, 0) is 13.2 Å². The summed E-state index contributed by atoms with van der Waals surface area (Å²) in [6.07, 6.45) is -4.36. The molecule has 0 aliphatic carbocycles. The molecule has 0 atom stereocenters. The van der Waals surface area contributed by atoms with Crippen molar-refractivity contribution in [2.75, 3.05) is 5.75 Å². The Balaban J connectivity index is 1.57. The van der Waals surface area contributed by atoms with E-state index >= 15 is 0 Å². The van der Waals surface area contributed by atoms with Crippen molar-refractivity contribution in [3.05, 3.63) is 58.7 Å². The number of benzene rings is 1. The molecule has 0 bridgehead atoms. The molecule has 0 amide bonds. The minimum absolute atomic E-state index is 0.0311. The molecule has 10 heteroatoms. The average Bonchev–Trinajstić information content (AvgIpc) is 3.23. The van der Waals surface area contributed by atoms with Crippen molar-refractivity contribution in [2.24, 2.45) is 0 Å². The van der Waals surface area contributed by atoms with Gasteiger partial charge in [-0.2, -0.15) is 13.2 Å². The van der Waals surface area contributed by atoms with Gasteiger partial charge in [0.25, 0.3) is 11.1 Å². The fourth-order valence-corrected chi connectivity index (χ4v) is 3.58. The van der Waals surface area contributed by atoms with Gasteiger partial charge < -0.3 is 13.7 Å². The van der Waals surface area contributed by atoms with Crippen molar-refractivity contribution in [3.8, 4) is 5.75 Å². The van der Waals surface area contributed by atoms with Crippen LogP contribution in [0.4, 0.5) is 13.2 Å². The lowest BCUT2D eigenvalue weighted by Crippen LogP contribution is -2.19. The van der Waals surface area contributed by atoms with Gasteiger partial charge in [-0.15, -0.1) is 10.2 Å². The van der Waals surface area contributed by atoms with Crippen LogP contribution in [0.1, 0.15) is 33.2 Å². The predicted molar refractivity (Wildman–Crippen MR) is 105 cm³/mol. The maximum atomic E-state index is 12.7. The molecule has 0 radical (unpaired) electrons. The largest absolute Gasteiger partial charge is 0.484 e. The fourth-order valence-electron chi connectivity index (χ4n) is 2.92. The van der Waals surface area contributed by atoms with Gasteiger partial charge in [0.05, 0.1) is 5.75 Å². The molecule has 0 fully saturated rings. The molecule has 3 rings (SSSR count). The van der Waals surface area contributed by atoms with Crippen LogP contribution in [0.2, 0.25) is 0 Å². The summed E-state index contributed by atoms with van der Waals surface area (Å²) in [5.41, 5.74) is 1.98. The third-order valence-corrected chi connectivity index (χ3v) is 5.16. The molecule has 0 saturated carbocycles. The Morgan fingerprint density at radius 3 is 2.67 bits per heavy atom. The highest BCUT2D eigenvalue weighted by atomic mass is 32.2. The van der Waals surface area contributed by atoms with Crippen LogP contribution in [-0.4, -0.2) is 32.5 Å². The molecule has 0 saturated heterocycles. The Bertz CT molecular complexity index is 1040. The lowest BCUT2D eigenvalue weighted by Gasteiger charge is -2.12. The number of halogens is 3. The number of carbonyl (C=O) groups is 1. The molecular formula is C20H20F3N3O3S. The number of Topliss-reactive ketones (excluding diaryl/α,β-unsaturated/α-hetero) is 1. The SMILES string of the molecule is Cc1cccc(OCc2nnc(SCC(=O)c3cc(C)n(CC(F)(F)F)c3C)o2)c1. The summed E-state index contributed by atoms with van der Waals surface area (Å²) < 4.78 is 50.3. The molecule has 0 aliphatic rings. The van der Waals surface area contributed by atoms with E-state index in [-0.39, 0.29) is 40.5 Å². The van der Waals surface area contributed by atoms with Gasteiger partial charge in [0, 0.05) is 17.0 Å². The van der Waals surface area contributed by atoms with Gasteiger partial charge in [-0.05, 0) is 44.5 Å². The van der Waals surface area contributed by atoms with Crippen molar-refractivity contribution in [3.63, 3.8) is 0 Å². The summed E-state index contributed by atoms with van der Waals surface area (Å²) in [6.45, 7) is 3.96. The van der Waals surface area contributed by atoms with Crippen LogP contribution in [0, 0.1) is 20.8 Å². The van der Waals surface area contributed by atoms with Gasteiger partial charge in [0.15, 0.2) is 12.4 Å². The number of ketones is 1. The van der Waals surface area contributed by atoms with Gasteiger partial charge in [0.1, 0.15) is 12.3 Å². The number of hydrogen-bond acceptors (Lipinski definition) is 6. The van der Waals surface area contributed by atoms with E-state index < -0.39 is 12.7 Å². The van der Waals surface area contributed by atoms with Crippen molar-refractivity contribution in [2.45, 2.75) is 45.3 Å². The zero-order chi connectivity index (χ0) is 21.9. The number of nitrogens with zero attached hydrogens (tertiary/aromatic N) is 3. The summed E-state index contributed by atoms with van der Waals surface area (Å²) in [5, 5.41) is 7.93. The molecule has 160 valence electrons. The van der Waals surface area contributed by atoms with Crippen LogP contribution < -0.4 is 4.74 Å².